The number of hydrogen-bond donors (Lipinski definition) is 2. The van der Waals surface area contributed by atoms with E-state index in [0.717, 1.165) is 49.1 Å². The number of rotatable bonds is 11. The van der Waals surface area contributed by atoms with Crippen LogP contribution < -0.4 is 5.32 Å². The van der Waals surface area contributed by atoms with E-state index in [1.165, 1.54) is 44.8 Å². The second kappa shape index (κ2) is 11.6. The van der Waals surface area contributed by atoms with E-state index in [4.69, 9.17) is 14.3 Å². The number of oxazole rings is 1. The molecular formula is C29H38N2O5. The maximum absolute atomic E-state index is 12.7. The molecule has 1 aromatic carbocycles. The van der Waals surface area contributed by atoms with Crippen LogP contribution in [-0.4, -0.2) is 40.7 Å². The van der Waals surface area contributed by atoms with Gasteiger partial charge in [-0.05, 0) is 42.7 Å². The number of carboxylic acids is 1. The second-order valence-electron chi connectivity index (χ2n) is 10.9. The number of carboxylic acid groups (broad SMARTS) is 1. The summed E-state index contributed by atoms with van der Waals surface area (Å²) in [6, 6.07) is 7.78. The minimum absolute atomic E-state index is 0.00363. The van der Waals surface area contributed by atoms with Gasteiger partial charge in [0.2, 0.25) is 5.89 Å². The van der Waals surface area contributed by atoms with E-state index in [0.29, 0.717) is 18.1 Å². The zero-order valence-corrected chi connectivity index (χ0v) is 21.0. The monoisotopic (exact) mass is 494 g/mol. The van der Waals surface area contributed by atoms with Crippen LogP contribution in [0.5, 0.6) is 0 Å². The first kappa shape index (κ1) is 25.0. The predicted octanol–water partition coefficient (Wildman–Crippen LogP) is 5.29. The Balaban J connectivity index is 1.16. The molecule has 1 saturated carbocycles. The molecule has 2 bridgehead atoms. The van der Waals surface area contributed by atoms with E-state index in [9.17, 15) is 9.59 Å². The van der Waals surface area contributed by atoms with Crippen LogP contribution in [0.3, 0.4) is 0 Å². The second-order valence-corrected chi connectivity index (χ2v) is 10.9. The Morgan fingerprint density at radius 2 is 1.83 bits per heavy atom. The largest absolute Gasteiger partial charge is 0.481 e. The quantitative estimate of drug-likeness (QED) is 0.412. The van der Waals surface area contributed by atoms with Crippen LogP contribution in [0, 0.1) is 11.8 Å². The Morgan fingerprint density at radius 3 is 2.67 bits per heavy atom. The average molecular weight is 495 g/mol. The van der Waals surface area contributed by atoms with Crippen molar-refractivity contribution in [3.05, 3.63) is 53.2 Å². The van der Waals surface area contributed by atoms with E-state index in [1.54, 1.807) is 0 Å². The fourth-order valence-corrected chi connectivity index (χ4v) is 6.56. The molecule has 2 N–H and O–H groups in total. The van der Waals surface area contributed by atoms with Crippen molar-refractivity contribution in [1.29, 1.82) is 0 Å². The molecule has 2 saturated heterocycles. The molecule has 7 nitrogen and oxygen atoms in total. The predicted molar refractivity (Wildman–Crippen MR) is 135 cm³/mol. The van der Waals surface area contributed by atoms with Crippen LogP contribution >= 0.6 is 0 Å². The van der Waals surface area contributed by atoms with Gasteiger partial charge in [0.05, 0.1) is 24.5 Å². The smallest absolute Gasteiger partial charge is 0.307 e. The van der Waals surface area contributed by atoms with Gasteiger partial charge in [-0.1, -0.05) is 69.2 Å². The zero-order chi connectivity index (χ0) is 24.9. The fourth-order valence-electron chi connectivity index (χ4n) is 6.56. The number of aromatic nitrogens is 1. The van der Waals surface area contributed by atoms with E-state index < -0.39 is 5.97 Å². The van der Waals surface area contributed by atoms with Crippen LogP contribution in [0.2, 0.25) is 0 Å². The molecule has 3 aliphatic rings. The number of nitrogens with zero attached hydrogens (tertiary/aromatic N) is 1. The third-order valence-corrected chi connectivity index (χ3v) is 8.33. The topological polar surface area (TPSA) is 102 Å². The van der Waals surface area contributed by atoms with Gasteiger partial charge in [0.1, 0.15) is 6.26 Å². The van der Waals surface area contributed by atoms with Crippen molar-refractivity contribution >= 4 is 11.9 Å². The summed E-state index contributed by atoms with van der Waals surface area (Å²) in [4.78, 5) is 28.4. The highest BCUT2D eigenvalue weighted by molar-refractivity contribution is 5.91. The third-order valence-electron chi connectivity index (χ3n) is 8.33. The molecule has 3 heterocycles. The zero-order valence-electron chi connectivity index (χ0n) is 21.0. The summed E-state index contributed by atoms with van der Waals surface area (Å²) in [5.41, 5.74) is 2.23. The Kier molecular flexibility index (Phi) is 8.05. The van der Waals surface area contributed by atoms with Gasteiger partial charge >= 0.3 is 5.97 Å². The number of amides is 1. The van der Waals surface area contributed by atoms with E-state index in [1.807, 2.05) is 24.3 Å². The summed E-state index contributed by atoms with van der Waals surface area (Å²) < 4.78 is 12.1. The molecule has 1 amide bonds. The summed E-state index contributed by atoms with van der Waals surface area (Å²) in [6.07, 6.45) is 14.7. The summed E-state index contributed by atoms with van der Waals surface area (Å²) in [6.45, 7) is 0.667. The molecule has 2 aromatic rings. The lowest BCUT2D eigenvalue weighted by molar-refractivity contribution is -0.136. The van der Waals surface area contributed by atoms with Gasteiger partial charge in [0.25, 0.3) is 5.91 Å². The van der Waals surface area contributed by atoms with Crippen molar-refractivity contribution < 1.29 is 23.8 Å². The Labute approximate surface area is 213 Å². The molecule has 7 heteroatoms. The van der Waals surface area contributed by atoms with Crippen molar-refractivity contribution in [2.75, 3.05) is 6.54 Å². The van der Waals surface area contributed by atoms with Crippen LogP contribution in [-0.2, 0) is 22.4 Å². The minimum Gasteiger partial charge on any atom is -0.481 e. The van der Waals surface area contributed by atoms with Gasteiger partial charge in [0, 0.05) is 12.5 Å². The van der Waals surface area contributed by atoms with Gasteiger partial charge in [-0.15, -0.1) is 0 Å². The van der Waals surface area contributed by atoms with E-state index >= 15 is 0 Å². The molecule has 1 aromatic heterocycles. The number of fused-ring (bicyclic) bond motifs is 2. The number of hydrogen-bond acceptors (Lipinski definition) is 5. The highest BCUT2D eigenvalue weighted by Crippen LogP contribution is 2.49. The average Bonchev–Trinajstić information content (AvgIpc) is 3.61. The van der Waals surface area contributed by atoms with E-state index in [-0.39, 0.29) is 36.4 Å². The summed E-state index contributed by atoms with van der Waals surface area (Å²) >= 11 is 0. The fraction of sp³-hybridized carbons (Fsp3) is 0.621. The molecule has 194 valence electrons. The van der Waals surface area contributed by atoms with Crippen molar-refractivity contribution in [2.24, 2.45) is 11.8 Å². The summed E-state index contributed by atoms with van der Waals surface area (Å²) in [5, 5.41) is 12.1. The number of carbonyl (C=O) groups excluding carboxylic acids is 1. The molecule has 5 rings (SSSR count). The first-order chi connectivity index (χ1) is 17.6. The van der Waals surface area contributed by atoms with Crippen molar-refractivity contribution in [3.8, 4) is 0 Å². The van der Waals surface area contributed by atoms with Crippen LogP contribution in [0.1, 0.15) is 97.6 Å². The van der Waals surface area contributed by atoms with Gasteiger partial charge in [-0.25, -0.2) is 4.98 Å². The SMILES string of the molecule is O=C(O)Cc1cccc(CC2C3CCC(O3)C2c2nc(C(=O)NCCCCC3CCCCC3)co2)c1. The molecule has 3 fully saturated rings. The van der Waals surface area contributed by atoms with Crippen LogP contribution in [0.25, 0.3) is 0 Å². The van der Waals surface area contributed by atoms with E-state index in [2.05, 4.69) is 10.3 Å². The number of aliphatic carboxylic acids is 1. The highest BCUT2D eigenvalue weighted by Gasteiger charge is 2.51. The van der Waals surface area contributed by atoms with Crippen LogP contribution in [0.4, 0.5) is 0 Å². The first-order valence-corrected chi connectivity index (χ1v) is 13.8. The molecule has 0 radical (unpaired) electrons. The normalized spacial score (nSPS) is 25.8. The number of nitrogens with one attached hydrogen (secondary N) is 1. The maximum atomic E-state index is 12.7. The molecule has 36 heavy (non-hydrogen) atoms. The maximum Gasteiger partial charge on any atom is 0.307 e. The molecule has 4 unspecified atom stereocenters. The summed E-state index contributed by atoms with van der Waals surface area (Å²) in [5.74, 6) is 0.648. The van der Waals surface area contributed by atoms with Gasteiger partial charge in [-0.3, -0.25) is 9.59 Å². The number of benzene rings is 1. The highest BCUT2D eigenvalue weighted by atomic mass is 16.5. The standard InChI is InChI=1S/C29H38N2O5/c32-26(33)17-21-11-6-10-20(15-21)16-22-24-12-13-25(36-24)27(22)29-31-23(18-35-29)28(34)30-14-5-4-9-19-7-2-1-3-8-19/h6,10-11,15,18-19,22,24-25,27H,1-5,7-9,12-14,16-17H2,(H,30,34)(H,32,33). The lowest BCUT2D eigenvalue weighted by Gasteiger charge is -2.26. The van der Waals surface area contributed by atoms with Crippen LogP contribution in [0.15, 0.2) is 34.9 Å². The number of unbranched alkanes of at least 4 members (excludes halogenated alkanes) is 1. The van der Waals surface area contributed by atoms with Crippen molar-refractivity contribution in [1.82, 2.24) is 10.3 Å². The molecule has 2 aliphatic heterocycles. The minimum atomic E-state index is -0.830. The molecule has 1 aliphatic carbocycles. The lowest BCUT2D eigenvalue weighted by Crippen LogP contribution is -2.28. The lowest BCUT2D eigenvalue weighted by atomic mass is 9.76. The summed E-state index contributed by atoms with van der Waals surface area (Å²) in [7, 11) is 0. The Hall–Kier alpha value is -2.67. The molecule has 4 atom stereocenters. The Morgan fingerprint density at radius 1 is 1.03 bits per heavy atom. The first-order valence-electron chi connectivity index (χ1n) is 13.8. The van der Waals surface area contributed by atoms with Crippen molar-refractivity contribution in [3.63, 3.8) is 0 Å². The molecule has 0 spiro atoms. The Bertz CT molecular complexity index is 1040. The molecular weight excluding hydrogens is 456 g/mol. The van der Waals surface area contributed by atoms with Gasteiger partial charge in [-0.2, -0.15) is 0 Å². The number of ether oxygens (including phenoxy) is 1. The van der Waals surface area contributed by atoms with Crippen molar-refractivity contribution in [2.45, 2.75) is 95.2 Å². The third kappa shape index (κ3) is 6.00. The number of carbonyl (C=O) groups is 2. The van der Waals surface area contributed by atoms with Gasteiger partial charge in [0.15, 0.2) is 5.69 Å². The van der Waals surface area contributed by atoms with Gasteiger partial charge < -0.3 is 19.6 Å².